The first kappa shape index (κ1) is 11.9. The van der Waals surface area contributed by atoms with Crippen LogP contribution in [-0.4, -0.2) is 34.3 Å². The van der Waals surface area contributed by atoms with Gasteiger partial charge in [0.1, 0.15) is 11.6 Å². The highest BCUT2D eigenvalue weighted by Gasteiger charge is 2.44. The molecule has 4 heteroatoms. The molecule has 0 unspecified atom stereocenters. The topological polar surface area (TPSA) is 49.2 Å². The van der Waals surface area contributed by atoms with Crippen LogP contribution in [0.5, 0.6) is 0 Å². The highest BCUT2D eigenvalue weighted by molar-refractivity contribution is 5.38. The van der Waals surface area contributed by atoms with E-state index in [1.807, 2.05) is 19.2 Å². The normalized spacial score (nSPS) is 32.1. The molecule has 1 aliphatic heterocycles. The van der Waals surface area contributed by atoms with Crippen LogP contribution in [0.2, 0.25) is 0 Å². The zero-order valence-electron chi connectivity index (χ0n) is 11.0. The Morgan fingerprint density at radius 1 is 1.39 bits per heavy atom. The summed E-state index contributed by atoms with van der Waals surface area (Å²) in [4.78, 5) is 11.0. The van der Waals surface area contributed by atoms with Gasteiger partial charge in [0.15, 0.2) is 0 Å². The molecule has 98 valence electrons. The summed E-state index contributed by atoms with van der Waals surface area (Å²) < 4.78 is 0. The van der Waals surface area contributed by atoms with E-state index in [1.165, 1.54) is 0 Å². The van der Waals surface area contributed by atoms with Gasteiger partial charge >= 0.3 is 0 Å². The summed E-state index contributed by atoms with van der Waals surface area (Å²) in [6, 6.07) is 1.98. The molecule has 2 heterocycles. The van der Waals surface area contributed by atoms with Crippen LogP contribution < -0.4 is 4.90 Å². The summed E-state index contributed by atoms with van der Waals surface area (Å²) in [7, 11) is 0. The molecule has 0 radical (unpaired) electrons. The number of aryl methyl sites for hydroxylation is 1. The third kappa shape index (κ3) is 1.99. The Hall–Kier alpha value is -1.16. The van der Waals surface area contributed by atoms with E-state index in [4.69, 9.17) is 0 Å². The first-order chi connectivity index (χ1) is 8.70. The minimum Gasteiger partial charge on any atom is -0.392 e. The maximum atomic E-state index is 10.3. The summed E-state index contributed by atoms with van der Waals surface area (Å²) in [5.41, 5.74) is 0.122. The average Bonchev–Trinajstić information content (AvgIpc) is 2.71. The molecular weight excluding hydrogens is 226 g/mol. The molecule has 1 aliphatic carbocycles. The van der Waals surface area contributed by atoms with Gasteiger partial charge in [-0.1, -0.05) is 6.42 Å². The molecule has 2 atom stereocenters. The van der Waals surface area contributed by atoms with Crippen molar-refractivity contribution in [1.82, 2.24) is 9.97 Å². The van der Waals surface area contributed by atoms with Gasteiger partial charge in [0, 0.05) is 24.7 Å². The largest absolute Gasteiger partial charge is 0.392 e. The lowest BCUT2D eigenvalue weighted by Crippen LogP contribution is -2.47. The number of piperidine rings is 1. The zero-order valence-corrected chi connectivity index (χ0v) is 11.0. The predicted octanol–water partition coefficient (Wildman–Crippen LogP) is 1.92. The van der Waals surface area contributed by atoms with Gasteiger partial charge in [-0.25, -0.2) is 9.97 Å². The Morgan fingerprint density at radius 3 is 2.94 bits per heavy atom. The lowest BCUT2D eigenvalue weighted by molar-refractivity contribution is 0.0408. The smallest absolute Gasteiger partial charge is 0.132 e. The van der Waals surface area contributed by atoms with Gasteiger partial charge in [-0.2, -0.15) is 0 Å². The second kappa shape index (κ2) is 4.50. The van der Waals surface area contributed by atoms with Gasteiger partial charge in [0.05, 0.1) is 6.10 Å². The zero-order chi connectivity index (χ0) is 12.6. The quantitative estimate of drug-likeness (QED) is 0.823. The van der Waals surface area contributed by atoms with E-state index in [1.54, 1.807) is 0 Å². The maximum Gasteiger partial charge on any atom is 0.132 e. The highest BCUT2D eigenvalue weighted by atomic mass is 16.3. The van der Waals surface area contributed by atoms with Crippen LogP contribution in [0.25, 0.3) is 0 Å². The van der Waals surface area contributed by atoms with Crippen molar-refractivity contribution in [3.05, 3.63) is 18.1 Å². The van der Waals surface area contributed by atoms with Crippen molar-refractivity contribution in [2.24, 2.45) is 5.41 Å². The molecule has 0 bridgehead atoms. The molecule has 2 aliphatic rings. The van der Waals surface area contributed by atoms with Crippen molar-refractivity contribution in [3.8, 4) is 0 Å². The van der Waals surface area contributed by atoms with Crippen LogP contribution in [0.1, 0.15) is 37.9 Å². The molecular formula is C14H21N3O. The summed E-state index contributed by atoms with van der Waals surface area (Å²) in [5.74, 6) is 1.83. The fraction of sp³-hybridized carbons (Fsp3) is 0.714. The Labute approximate surface area is 108 Å². The molecule has 4 nitrogen and oxygen atoms in total. The van der Waals surface area contributed by atoms with Crippen LogP contribution in [0.3, 0.4) is 0 Å². The minimum absolute atomic E-state index is 0.122. The van der Waals surface area contributed by atoms with Crippen molar-refractivity contribution in [1.29, 1.82) is 0 Å². The molecule has 1 saturated heterocycles. The summed E-state index contributed by atoms with van der Waals surface area (Å²) in [5, 5.41) is 10.3. The first-order valence-corrected chi connectivity index (χ1v) is 6.92. The van der Waals surface area contributed by atoms with Crippen molar-refractivity contribution in [2.75, 3.05) is 18.0 Å². The number of aliphatic hydroxyl groups excluding tert-OH is 1. The monoisotopic (exact) mass is 247 g/mol. The molecule has 1 saturated carbocycles. The van der Waals surface area contributed by atoms with Crippen molar-refractivity contribution >= 4 is 5.82 Å². The number of nitrogens with zero attached hydrogens (tertiary/aromatic N) is 3. The van der Waals surface area contributed by atoms with Gasteiger partial charge in [-0.15, -0.1) is 0 Å². The van der Waals surface area contributed by atoms with Crippen LogP contribution >= 0.6 is 0 Å². The van der Waals surface area contributed by atoms with Gasteiger partial charge in [-0.3, -0.25) is 0 Å². The molecule has 0 aromatic carbocycles. The minimum atomic E-state index is -0.122. The number of hydrogen-bond donors (Lipinski definition) is 1. The summed E-state index contributed by atoms with van der Waals surface area (Å²) in [6.45, 7) is 3.92. The van der Waals surface area contributed by atoms with E-state index in [2.05, 4.69) is 14.9 Å². The van der Waals surface area contributed by atoms with Gasteiger partial charge < -0.3 is 10.0 Å². The van der Waals surface area contributed by atoms with Crippen molar-refractivity contribution in [3.63, 3.8) is 0 Å². The van der Waals surface area contributed by atoms with E-state index >= 15 is 0 Å². The Balaban J connectivity index is 1.82. The molecule has 1 spiro atoms. The number of aliphatic hydroxyl groups is 1. The molecule has 2 fully saturated rings. The number of anilines is 1. The van der Waals surface area contributed by atoms with Gasteiger partial charge in [0.2, 0.25) is 0 Å². The first-order valence-electron chi connectivity index (χ1n) is 6.92. The fourth-order valence-corrected chi connectivity index (χ4v) is 3.57. The number of hydrogen-bond acceptors (Lipinski definition) is 4. The third-order valence-corrected chi connectivity index (χ3v) is 4.55. The Bertz CT molecular complexity index is 437. The Morgan fingerprint density at radius 2 is 2.22 bits per heavy atom. The molecule has 3 rings (SSSR count). The van der Waals surface area contributed by atoms with Crippen LogP contribution in [0, 0.1) is 12.3 Å². The highest BCUT2D eigenvalue weighted by Crippen LogP contribution is 2.45. The fourth-order valence-electron chi connectivity index (χ4n) is 3.57. The molecule has 1 N–H and O–H groups in total. The van der Waals surface area contributed by atoms with E-state index in [-0.39, 0.29) is 11.5 Å². The SMILES string of the molecule is Cc1nccc(N2CCC[C@@]3(CCC[C@H]3O)C2)n1. The number of aromatic nitrogens is 2. The van der Waals surface area contributed by atoms with E-state index in [9.17, 15) is 5.11 Å². The van der Waals surface area contributed by atoms with Gasteiger partial charge in [0.25, 0.3) is 0 Å². The van der Waals surface area contributed by atoms with E-state index in [0.29, 0.717) is 0 Å². The number of rotatable bonds is 1. The van der Waals surface area contributed by atoms with E-state index < -0.39 is 0 Å². The van der Waals surface area contributed by atoms with Crippen molar-refractivity contribution < 1.29 is 5.11 Å². The summed E-state index contributed by atoms with van der Waals surface area (Å²) in [6.07, 6.45) is 7.31. The molecule has 0 amide bonds. The standard InChI is InChI=1S/C14H21N3O/c1-11-15-8-5-13(16-11)17-9-3-7-14(10-17)6-2-4-12(14)18/h5,8,12,18H,2-4,6-7,9-10H2,1H3/t12-,14+/m1/s1. The lowest BCUT2D eigenvalue weighted by Gasteiger charge is -2.43. The maximum absolute atomic E-state index is 10.3. The lowest BCUT2D eigenvalue weighted by atomic mass is 9.77. The van der Waals surface area contributed by atoms with Crippen LogP contribution in [0.15, 0.2) is 12.3 Å². The van der Waals surface area contributed by atoms with Gasteiger partial charge in [-0.05, 0) is 38.7 Å². The second-order valence-electron chi connectivity index (χ2n) is 5.76. The molecule has 1 aromatic heterocycles. The average molecular weight is 247 g/mol. The van der Waals surface area contributed by atoms with E-state index in [0.717, 1.165) is 56.8 Å². The molecule has 1 aromatic rings. The van der Waals surface area contributed by atoms with Crippen LogP contribution in [-0.2, 0) is 0 Å². The molecule has 18 heavy (non-hydrogen) atoms. The second-order valence-corrected chi connectivity index (χ2v) is 5.76. The summed E-state index contributed by atoms with van der Waals surface area (Å²) >= 11 is 0. The van der Waals surface area contributed by atoms with Crippen molar-refractivity contribution in [2.45, 2.75) is 45.1 Å². The predicted molar refractivity (Wildman–Crippen MR) is 70.5 cm³/mol. The third-order valence-electron chi connectivity index (χ3n) is 4.55. The van der Waals surface area contributed by atoms with Crippen LogP contribution in [0.4, 0.5) is 5.82 Å². The Kier molecular flexibility index (Phi) is 2.98.